The third kappa shape index (κ3) is 3.13. The standard InChI is InChI=1S/C14H18N2S/c1-2-3-6-9-17-14-12(15)10-11-7-4-5-8-13(11)16-14/h4-5,7-8,10H,2-3,6,9,15H2,1H3. The van der Waals surface area contributed by atoms with E-state index in [1.807, 2.05) is 30.3 Å². The molecule has 17 heavy (non-hydrogen) atoms. The van der Waals surface area contributed by atoms with Crippen molar-refractivity contribution in [2.75, 3.05) is 11.5 Å². The number of rotatable bonds is 5. The van der Waals surface area contributed by atoms with E-state index in [0.717, 1.165) is 27.4 Å². The quantitative estimate of drug-likeness (QED) is 0.637. The topological polar surface area (TPSA) is 38.9 Å². The van der Waals surface area contributed by atoms with Crippen molar-refractivity contribution in [3.05, 3.63) is 30.3 Å². The molecule has 0 saturated carbocycles. The number of thioether (sulfide) groups is 1. The maximum atomic E-state index is 6.02. The minimum Gasteiger partial charge on any atom is -0.397 e. The fourth-order valence-electron chi connectivity index (χ4n) is 1.75. The Morgan fingerprint density at radius 1 is 1.24 bits per heavy atom. The summed E-state index contributed by atoms with van der Waals surface area (Å²) in [6.07, 6.45) is 3.76. The van der Waals surface area contributed by atoms with Gasteiger partial charge in [0.05, 0.1) is 11.2 Å². The van der Waals surface area contributed by atoms with Crippen LogP contribution in [0.4, 0.5) is 5.69 Å². The van der Waals surface area contributed by atoms with Crippen LogP contribution in [0.25, 0.3) is 10.9 Å². The van der Waals surface area contributed by atoms with Gasteiger partial charge in [-0.15, -0.1) is 11.8 Å². The number of anilines is 1. The van der Waals surface area contributed by atoms with Gasteiger partial charge in [0.2, 0.25) is 0 Å². The second-order valence-electron chi connectivity index (χ2n) is 4.13. The molecule has 1 heterocycles. The van der Waals surface area contributed by atoms with Crippen molar-refractivity contribution in [3.8, 4) is 0 Å². The van der Waals surface area contributed by atoms with E-state index in [-0.39, 0.29) is 0 Å². The molecule has 1 aromatic carbocycles. The van der Waals surface area contributed by atoms with Crippen molar-refractivity contribution in [1.82, 2.24) is 4.98 Å². The molecule has 0 saturated heterocycles. The lowest BCUT2D eigenvalue weighted by Gasteiger charge is -2.06. The number of benzene rings is 1. The number of unbranched alkanes of at least 4 members (excludes halogenated alkanes) is 2. The molecule has 3 heteroatoms. The Morgan fingerprint density at radius 2 is 2.06 bits per heavy atom. The molecule has 0 aliphatic carbocycles. The first-order valence-electron chi connectivity index (χ1n) is 6.09. The monoisotopic (exact) mass is 246 g/mol. The Bertz CT molecular complexity index is 497. The number of hydrogen-bond donors (Lipinski definition) is 1. The summed E-state index contributed by atoms with van der Waals surface area (Å²) >= 11 is 1.77. The van der Waals surface area contributed by atoms with Crippen LogP contribution in [0.1, 0.15) is 26.2 Å². The molecule has 2 nitrogen and oxygen atoms in total. The fraction of sp³-hybridized carbons (Fsp3) is 0.357. The molecule has 1 aromatic heterocycles. The Labute approximate surface area is 107 Å². The molecule has 0 aliphatic heterocycles. The van der Waals surface area contributed by atoms with E-state index in [0.29, 0.717) is 0 Å². The number of nitrogen functional groups attached to an aromatic ring is 1. The molecular weight excluding hydrogens is 228 g/mol. The molecule has 0 amide bonds. The summed E-state index contributed by atoms with van der Waals surface area (Å²) in [7, 11) is 0. The van der Waals surface area contributed by atoms with Gasteiger partial charge >= 0.3 is 0 Å². The van der Waals surface area contributed by atoms with E-state index in [4.69, 9.17) is 5.73 Å². The molecule has 0 fully saturated rings. The zero-order valence-electron chi connectivity index (χ0n) is 10.1. The highest BCUT2D eigenvalue weighted by atomic mass is 32.2. The van der Waals surface area contributed by atoms with E-state index in [9.17, 15) is 0 Å². The van der Waals surface area contributed by atoms with Crippen molar-refractivity contribution in [1.29, 1.82) is 0 Å². The van der Waals surface area contributed by atoms with Gasteiger partial charge in [-0.1, -0.05) is 38.0 Å². The molecule has 2 N–H and O–H groups in total. The highest BCUT2D eigenvalue weighted by Gasteiger charge is 2.04. The van der Waals surface area contributed by atoms with Gasteiger partial charge < -0.3 is 5.73 Å². The van der Waals surface area contributed by atoms with Crippen molar-refractivity contribution in [2.24, 2.45) is 0 Å². The average Bonchev–Trinajstić information content (AvgIpc) is 2.35. The van der Waals surface area contributed by atoms with E-state index in [1.165, 1.54) is 19.3 Å². The van der Waals surface area contributed by atoms with Crippen LogP contribution >= 0.6 is 11.8 Å². The lowest BCUT2D eigenvalue weighted by atomic mass is 10.2. The van der Waals surface area contributed by atoms with Crippen molar-refractivity contribution >= 4 is 28.4 Å². The average molecular weight is 246 g/mol. The van der Waals surface area contributed by atoms with Crippen LogP contribution in [-0.2, 0) is 0 Å². The van der Waals surface area contributed by atoms with Gasteiger partial charge in [0, 0.05) is 5.39 Å². The first-order valence-corrected chi connectivity index (χ1v) is 7.08. The van der Waals surface area contributed by atoms with Gasteiger partial charge in [-0.25, -0.2) is 4.98 Å². The summed E-state index contributed by atoms with van der Waals surface area (Å²) in [6, 6.07) is 10.1. The minimum atomic E-state index is 0.796. The third-order valence-corrected chi connectivity index (χ3v) is 3.80. The van der Waals surface area contributed by atoms with Gasteiger partial charge in [0.25, 0.3) is 0 Å². The number of aromatic nitrogens is 1. The van der Waals surface area contributed by atoms with Crippen molar-refractivity contribution < 1.29 is 0 Å². The second-order valence-corrected chi connectivity index (χ2v) is 5.21. The van der Waals surface area contributed by atoms with Gasteiger partial charge in [0.1, 0.15) is 5.03 Å². The Balaban J connectivity index is 2.14. The number of nitrogens with two attached hydrogens (primary N) is 1. The summed E-state index contributed by atoms with van der Waals surface area (Å²) in [5, 5.41) is 2.09. The number of hydrogen-bond acceptors (Lipinski definition) is 3. The fourth-order valence-corrected chi connectivity index (χ4v) is 2.68. The number of para-hydroxylation sites is 1. The molecule has 0 aliphatic rings. The van der Waals surface area contributed by atoms with Crippen LogP contribution in [0.15, 0.2) is 35.4 Å². The first kappa shape index (κ1) is 12.2. The van der Waals surface area contributed by atoms with Crippen LogP contribution in [0, 0.1) is 0 Å². The van der Waals surface area contributed by atoms with Crippen LogP contribution in [0.5, 0.6) is 0 Å². The Hall–Kier alpha value is -1.22. The maximum absolute atomic E-state index is 6.02. The zero-order chi connectivity index (χ0) is 12.1. The van der Waals surface area contributed by atoms with Gasteiger partial charge in [0.15, 0.2) is 0 Å². The van der Waals surface area contributed by atoms with Crippen molar-refractivity contribution in [2.45, 2.75) is 31.2 Å². The van der Waals surface area contributed by atoms with E-state index < -0.39 is 0 Å². The van der Waals surface area contributed by atoms with Crippen LogP contribution in [0.2, 0.25) is 0 Å². The third-order valence-electron chi connectivity index (χ3n) is 2.70. The Morgan fingerprint density at radius 3 is 2.88 bits per heavy atom. The maximum Gasteiger partial charge on any atom is 0.120 e. The van der Waals surface area contributed by atoms with Gasteiger partial charge in [-0.2, -0.15) is 0 Å². The smallest absolute Gasteiger partial charge is 0.120 e. The first-order chi connectivity index (χ1) is 8.31. The van der Waals surface area contributed by atoms with Crippen molar-refractivity contribution in [3.63, 3.8) is 0 Å². The predicted octanol–water partition coefficient (Wildman–Crippen LogP) is 4.10. The van der Waals surface area contributed by atoms with Crippen LogP contribution in [-0.4, -0.2) is 10.7 Å². The number of fused-ring (bicyclic) bond motifs is 1. The number of nitrogens with zero attached hydrogens (tertiary/aromatic N) is 1. The van der Waals surface area contributed by atoms with E-state index >= 15 is 0 Å². The molecule has 2 aromatic rings. The zero-order valence-corrected chi connectivity index (χ0v) is 11.0. The summed E-state index contributed by atoms with van der Waals surface area (Å²) in [5.41, 5.74) is 7.84. The highest BCUT2D eigenvalue weighted by molar-refractivity contribution is 7.99. The molecular formula is C14H18N2S. The largest absolute Gasteiger partial charge is 0.397 e. The SMILES string of the molecule is CCCCCSc1nc2ccccc2cc1N. The summed E-state index contributed by atoms with van der Waals surface area (Å²) in [4.78, 5) is 4.61. The lowest BCUT2D eigenvalue weighted by Crippen LogP contribution is -1.93. The molecule has 0 spiro atoms. The minimum absolute atomic E-state index is 0.796. The van der Waals surface area contributed by atoms with E-state index in [1.54, 1.807) is 11.8 Å². The second kappa shape index (κ2) is 5.92. The molecule has 0 bridgehead atoms. The summed E-state index contributed by atoms with van der Waals surface area (Å²) in [5.74, 6) is 1.10. The van der Waals surface area contributed by atoms with Crippen LogP contribution in [0.3, 0.4) is 0 Å². The molecule has 0 atom stereocenters. The van der Waals surface area contributed by atoms with Gasteiger partial charge in [-0.05, 0) is 24.3 Å². The normalized spacial score (nSPS) is 10.9. The lowest BCUT2D eigenvalue weighted by molar-refractivity contribution is 0.778. The molecule has 0 unspecified atom stereocenters. The van der Waals surface area contributed by atoms with E-state index in [2.05, 4.69) is 11.9 Å². The molecule has 0 radical (unpaired) electrons. The Kier molecular flexibility index (Phi) is 4.26. The highest BCUT2D eigenvalue weighted by Crippen LogP contribution is 2.27. The number of pyridine rings is 1. The molecule has 90 valence electrons. The molecule has 2 rings (SSSR count). The predicted molar refractivity (Wildman–Crippen MR) is 76.4 cm³/mol. The van der Waals surface area contributed by atoms with Gasteiger partial charge in [-0.3, -0.25) is 0 Å². The van der Waals surface area contributed by atoms with Crippen LogP contribution < -0.4 is 5.73 Å². The summed E-state index contributed by atoms with van der Waals surface area (Å²) < 4.78 is 0. The summed E-state index contributed by atoms with van der Waals surface area (Å²) in [6.45, 7) is 2.22.